The Balaban J connectivity index is 2.46. The van der Waals surface area contributed by atoms with Gasteiger partial charge in [0.1, 0.15) is 0 Å². The Labute approximate surface area is 126 Å². The maximum absolute atomic E-state index is 6.26. The van der Waals surface area contributed by atoms with Crippen LogP contribution in [0.3, 0.4) is 0 Å². The van der Waals surface area contributed by atoms with Crippen LogP contribution in [-0.2, 0) is 12.8 Å². The van der Waals surface area contributed by atoms with Crippen molar-refractivity contribution in [3.05, 3.63) is 65.7 Å². The van der Waals surface area contributed by atoms with Crippen molar-refractivity contribution in [3.63, 3.8) is 0 Å². The van der Waals surface area contributed by atoms with Crippen LogP contribution in [0.4, 0.5) is 5.69 Å². The van der Waals surface area contributed by atoms with E-state index in [0.29, 0.717) is 0 Å². The average molecular weight is 275 g/mol. The third kappa shape index (κ3) is 2.29. The summed E-state index contributed by atoms with van der Waals surface area (Å²) in [6.45, 7) is 4.45. The van der Waals surface area contributed by atoms with Crippen molar-refractivity contribution >= 4 is 16.5 Å². The van der Waals surface area contributed by atoms with Crippen LogP contribution in [0.15, 0.2) is 54.6 Å². The van der Waals surface area contributed by atoms with Gasteiger partial charge in [-0.1, -0.05) is 62.4 Å². The summed E-state index contributed by atoms with van der Waals surface area (Å²) in [4.78, 5) is 0. The number of hydrogen-bond acceptors (Lipinski definition) is 1. The Bertz CT molecular complexity index is 787. The molecule has 0 bridgehead atoms. The van der Waals surface area contributed by atoms with Gasteiger partial charge in [0.2, 0.25) is 0 Å². The first-order chi connectivity index (χ1) is 10.3. The summed E-state index contributed by atoms with van der Waals surface area (Å²) in [5.74, 6) is 0. The molecule has 0 heterocycles. The Morgan fingerprint density at radius 1 is 0.857 bits per heavy atom. The fourth-order valence-corrected chi connectivity index (χ4v) is 3.20. The Morgan fingerprint density at radius 2 is 1.57 bits per heavy atom. The first-order valence-electron chi connectivity index (χ1n) is 7.64. The minimum Gasteiger partial charge on any atom is -0.398 e. The molecule has 3 aromatic carbocycles. The minimum atomic E-state index is 0.852. The summed E-state index contributed by atoms with van der Waals surface area (Å²) in [7, 11) is 0. The monoisotopic (exact) mass is 275 g/mol. The number of nitrogens with two attached hydrogens (primary N) is 1. The normalized spacial score (nSPS) is 11.0. The van der Waals surface area contributed by atoms with E-state index in [2.05, 4.69) is 56.3 Å². The Hall–Kier alpha value is -2.28. The predicted octanol–water partition coefficient (Wildman–Crippen LogP) is 5.21. The largest absolute Gasteiger partial charge is 0.398 e. The zero-order valence-electron chi connectivity index (χ0n) is 12.7. The van der Waals surface area contributed by atoms with E-state index in [1.54, 1.807) is 0 Å². The third-order valence-electron chi connectivity index (χ3n) is 4.21. The number of nitrogen functional groups attached to an aromatic ring is 1. The highest BCUT2D eigenvalue weighted by atomic mass is 14.6. The number of fused-ring (bicyclic) bond motifs is 1. The lowest BCUT2D eigenvalue weighted by Crippen LogP contribution is -1.99. The molecular formula is C20H21N. The maximum atomic E-state index is 6.26. The molecule has 0 saturated heterocycles. The van der Waals surface area contributed by atoms with Crippen molar-refractivity contribution < 1.29 is 0 Å². The number of rotatable bonds is 3. The molecule has 0 saturated carbocycles. The van der Waals surface area contributed by atoms with Crippen LogP contribution >= 0.6 is 0 Å². The van der Waals surface area contributed by atoms with E-state index in [9.17, 15) is 0 Å². The second-order valence-electron chi connectivity index (χ2n) is 5.40. The predicted molar refractivity (Wildman–Crippen MR) is 92.6 cm³/mol. The van der Waals surface area contributed by atoms with Gasteiger partial charge in [-0.2, -0.15) is 0 Å². The number of anilines is 1. The molecule has 0 spiro atoms. The Kier molecular flexibility index (Phi) is 3.66. The number of hydrogen-bond donors (Lipinski definition) is 1. The quantitative estimate of drug-likeness (QED) is 0.652. The van der Waals surface area contributed by atoms with Crippen LogP contribution in [0.25, 0.3) is 21.9 Å². The van der Waals surface area contributed by atoms with Crippen LogP contribution in [0.5, 0.6) is 0 Å². The summed E-state index contributed by atoms with van der Waals surface area (Å²) in [5, 5.41) is 2.59. The zero-order chi connectivity index (χ0) is 14.8. The fourth-order valence-electron chi connectivity index (χ4n) is 3.20. The van der Waals surface area contributed by atoms with Gasteiger partial charge < -0.3 is 5.73 Å². The van der Waals surface area contributed by atoms with Crippen molar-refractivity contribution in [2.75, 3.05) is 5.73 Å². The molecule has 0 aromatic heterocycles. The molecule has 3 aromatic rings. The standard InChI is InChI=1S/C20H21N/c1-3-14-13-15-9-5-6-10-17(15)20(16(14)4-2)18-11-7-8-12-19(18)21/h5-13H,3-4,21H2,1-2H3. The van der Waals surface area contributed by atoms with Gasteiger partial charge in [0.25, 0.3) is 0 Å². The van der Waals surface area contributed by atoms with Crippen molar-refractivity contribution in [1.82, 2.24) is 0 Å². The molecule has 1 heteroatoms. The lowest BCUT2D eigenvalue weighted by atomic mass is 9.87. The van der Waals surface area contributed by atoms with Crippen molar-refractivity contribution in [3.8, 4) is 11.1 Å². The minimum absolute atomic E-state index is 0.852. The van der Waals surface area contributed by atoms with Crippen LogP contribution in [0, 0.1) is 0 Å². The molecule has 21 heavy (non-hydrogen) atoms. The molecule has 0 aliphatic heterocycles. The summed E-state index contributed by atoms with van der Waals surface area (Å²) in [6.07, 6.45) is 2.07. The second kappa shape index (κ2) is 5.61. The van der Waals surface area contributed by atoms with Crippen LogP contribution in [0.1, 0.15) is 25.0 Å². The van der Waals surface area contributed by atoms with Gasteiger partial charge in [-0.15, -0.1) is 0 Å². The Morgan fingerprint density at radius 3 is 2.29 bits per heavy atom. The van der Waals surface area contributed by atoms with E-state index in [1.165, 1.54) is 27.5 Å². The van der Waals surface area contributed by atoms with Gasteiger partial charge in [-0.05, 0) is 46.4 Å². The third-order valence-corrected chi connectivity index (χ3v) is 4.21. The summed E-state index contributed by atoms with van der Waals surface area (Å²) in [6, 6.07) is 19.1. The van der Waals surface area contributed by atoms with Gasteiger partial charge in [0.05, 0.1) is 0 Å². The molecule has 0 amide bonds. The van der Waals surface area contributed by atoms with Crippen LogP contribution in [0.2, 0.25) is 0 Å². The molecule has 1 nitrogen and oxygen atoms in total. The fraction of sp³-hybridized carbons (Fsp3) is 0.200. The lowest BCUT2D eigenvalue weighted by Gasteiger charge is -2.18. The van der Waals surface area contributed by atoms with Gasteiger partial charge >= 0.3 is 0 Å². The molecule has 0 unspecified atom stereocenters. The molecule has 0 atom stereocenters. The lowest BCUT2D eigenvalue weighted by molar-refractivity contribution is 1.05. The summed E-state index contributed by atoms with van der Waals surface area (Å²) in [5.41, 5.74) is 12.4. The van der Waals surface area contributed by atoms with E-state index in [1.807, 2.05) is 12.1 Å². The van der Waals surface area contributed by atoms with E-state index in [0.717, 1.165) is 24.1 Å². The van der Waals surface area contributed by atoms with Gasteiger partial charge in [0, 0.05) is 11.3 Å². The van der Waals surface area contributed by atoms with Crippen LogP contribution < -0.4 is 5.73 Å². The maximum Gasteiger partial charge on any atom is 0.0394 e. The molecule has 0 radical (unpaired) electrons. The highest BCUT2D eigenvalue weighted by Gasteiger charge is 2.14. The van der Waals surface area contributed by atoms with E-state index in [-0.39, 0.29) is 0 Å². The molecule has 0 aliphatic rings. The van der Waals surface area contributed by atoms with Crippen molar-refractivity contribution in [1.29, 1.82) is 0 Å². The van der Waals surface area contributed by atoms with E-state index >= 15 is 0 Å². The first-order valence-corrected chi connectivity index (χ1v) is 7.64. The van der Waals surface area contributed by atoms with Gasteiger partial charge in [-0.3, -0.25) is 0 Å². The molecule has 106 valence electrons. The van der Waals surface area contributed by atoms with Crippen molar-refractivity contribution in [2.45, 2.75) is 26.7 Å². The SMILES string of the molecule is CCc1cc2ccccc2c(-c2ccccc2N)c1CC. The molecule has 0 fully saturated rings. The number of benzene rings is 3. The van der Waals surface area contributed by atoms with Crippen molar-refractivity contribution in [2.24, 2.45) is 0 Å². The highest BCUT2D eigenvalue weighted by molar-refractivity contribution is 6.01. The summed E-state index contributed by atoms with van der Waals surface area (Å²) >= 11 is 0. The first kappa shape index (κ1) is 13.7. The molecule has 0 aliphatic carbocycles. The van der Waals surface area contributed by atoms with Gasteiger partial charge in [0.15, 0.2) is 0 Å². The molecule has 3 rings (SSSR count). The van der Waals surface area contributed by atoms with Crippen LogP contribution in [-0.4, -0.2) is 0 Å². The number of para-hydroxylation sites is 1. The van der Waals surface area contributed by atoms with E-state index < -0.39 is 0 Å². The average Bonchev–Trinajstić information content (AvgIpc) is 2.53. The van der Waals surface area contributed by atoms with Gasteiger partial charge in [-0.25, -0.2) is 0 Å². The molecular weight excluding hydrogens is 254 g/mol. The number of aryl methyl sites for hydroxylation is 1. The smallest absolute Gasteiger partial charge is 0.0394 e. The van der Waals surface area contributed by atoms with E-state index in [4.69, 9.17) is 5.73 Å². The molecule has 2 N–H and O–H groups in total. The summed E-state index contributed by atoms with van der Waals surface area (Å²) < 4.78 is 0. The topological polar surface area (TPSA) is 26.0 Å². The zero-order valence-corrected chi connectivity index (χ0v) is 12.7. The second-order valence-corrected chi connectivity index (χ2v) is 5.40. The highest BCUT2D eigenvalue weighted by Crippen LogP contribution is 2.37.